The van der Waals surface area contributed by atoms with E-state index in [9.17, 15) is 0 Å². The normalized spacial score (nSPS) is 15.9. The molecule has 0 N–H and O–H groups in total. The van der Waals surface area contributed by atoms with Crippen molar-refractivity contribution in [2.75, 3.05) is 0 Å². The first kappa shape index (κ1) is 32.7. The maximum absolute atomic E-state index is 2.57. The van der Waals surface area contributed by atoms with Crippen molar-refractivity contribution >= 4 is 5.57 Å². The maximum atomic E-state index is 2.57. The molecule has 6 aromatic carbocycles. The molecule has 3 aliphatic rings. The van der Waals surface area contributed by atoms with Crippen LogP contribution in [0.1, 0.15) is 109 Å². The number of fused-ring (bicyclic) bond motifs is 6. The number of benzene rings is 6. The lowest BCUT2D eigenvalue weighted by atomic mass is 9.70. The fourth-order valence-corrected chi connectivity index (χ4v) is 9.59. The van der Waals surface area contributed by atoms with Crippen molar-refractivity contribution in [3.63, 3.8) is 0 Å². The Hall–Kier alpha value is -5.20. The fraction of sp³-hybridized carbons (Fsp3) is 0.231. The molecule has 0 fully saturated rings. The van der Waals surface area contributed by atoms with E-state index < -0.39 is 0 Å². The third-order valence-corrected chi connectivity index (χ3v) is 11.9. The molecule has 256 valence electrons. The quantitative estimate of drug-likeness (QED) is 0.171. The molecule has 0 spiro atoms. The van der Waals surface area contributed by atoms with Gasteiger partial charge in [-0.1, -0.05) is 187 Å². The highest BCUT2D eigenvalue weighted by Crippen LogP contribution is 2.56. The molecular weight excluding hydrogens is 625 g/mol. The van der Waals surface area contributed by atoms with E-state index in [-0.39, 0.29) is 22.7 Å². The van der Waals surface area contributed by atoms with Crippen molar-refractivity contribution in [2.45, 2.75) is 77.0 Å². The zero-order valence-corrected chi connectivity index (χ0v) is 31.4. The molecule has 1 unspecified atom stereocenters. The first-order chi connectivity index (χ1) is 25.1. The van der Waals surface area contributed by atoms with Crippen LogP contribution in [0.4, 0.5) is 0 Å². The van der Waals surface area contributed by atoms with E-state index in [1.807, 2.05) is 0 Å². The molecule has 0 aromatic heterocycles. The Morgan fingerprint density at radius 1 is 0.481 bits per heavy atom. The summed E-state index contributed by atoms with van der Waals surface area (Å²) in [4.78, 5) is 0. The Labute approximate surface area is 310 Å². The Balaban J connectivity index is 1.40. The summed E-state index contributed by atoms with van der Waals surface area (Å²) in [6.45, 7) is 14.4. The molecule has 0 saturated carbocycles. The summed E-state index contributed by atoms with van der Waals surface area (Å²) in [5, 5.41) is 0. The fourth-order valence-electron chi connectivity index (χ4n) is 9.59. The average Bonchev–Trinajstić information content (AvgIpc) is 3.85. The van der Waals surface area contributed by atoms with Crippen LogP contribution in [-0.2, 0) is 23.7 Å². The van der Waals surface area contributed by atoms with Crippen LogP contribution in [0.15, 0.2) is 151 Å². The molecule has 0 bridgehead atoms. The average molecular weight is 673 g/mol. The molecule has 1 atom stereocenters. The van der Waals surface area contributed by atoms with Gasteiger partial charge in [-0.3, -0.25) is 0 Å². The Kier molecular flexibility index (Phi) is 7.67. The topological polar surface area (TPSA) is 0 Å². The van der Waals surface area contributed by atoms with E-state index >= 15 is 0 Å². The van der Waals surface area contributed by atoms with Crippen molar-refractivity contribution < 1.29 is 0 Å². The second-order valence-corrected chi connectivity index (χ2v) is 17.2. The van der Waals surface area contributed by atoms with E-state index in [0.717, 1.165) is 12.8 Å². The van der Waals surface area contributed by atoms with Crippen LogP contribution >= 0.6 is 0 Å². The van der Waals surface area contributed by atoms with E-state index in [2.05, 4.69) is 187 Å². The van der Waals surface area contributed by atoms with Crippen molar-refractivity contribution in [1.29, 1.82) is 0 Å². The Morgan fingerprint density at radius 3 is 1.52 bits per heavy atom. The zero-order valence-electron chi connectivity index (χ0n) is 31.4. The first-order valence-corrected chi connectivity index (χ1v) is 19.1. The smallest absolute Gasteiger partial charge is 0.0343 e. The second kappa shape index (κ2) is 12.2. The van der Waals surface area contributed by atoms with E-state index in [1.165, 1.54) is 89.0 Å². The Morgan fingerprint density at radius 2 is 0.962 bits per heavy atom. The predicted molar refractivity (Wildman–Crippen MR) is 220 cm³/mol. The molecule has 52 heavy (non-hydrogen) atoms. The van der Waals surface area contributed by atoms with Gasteiger partial charge < -0.3 is 0 Å². The van der Waals surface area contributed by atoms with Gasteiger partial charge in [0.05, 0.1) is 0 Å². The lowest BCUT2D eigenvalue weighted by Gasteiger charge is -2.33. The summed E-state index contributed by atoms with van der Waals surface area (Å²) < 4.78 is 0. The van der Waals surface area contributed by atoms with Gasteiger partial charge in [0.2, 0.25) is 0 Å². The van der Waals surface area contributed by atoms with Gasteiger partial charge in [0.1, 0.15) is 0 Å². The maximum Gasteiger partial charge on any atom is 0.0343 e. The van der Waals surface area contributed by atoms with Crippen LogP contribution in [0.25, 0.3) is 27.8 Å². The highest BCUT2D eigenvalue weighted by molar-refractivity contribution is 5.93. The van der Waals surface area contributed by atoms with E-state index in [1.54, 1.807) is 0 Å². The van der Waals surface area contributed by atoms with Gasteiger partial charge in [-0.25, -0.2) is 0 Å². The van der Waals surface area contributed by atoms with Gasteiger partial charge in [0, 0.05) is 11.8 Å². The standard InChI is InChI=1S/C52H48/c1-51(2,3)45-29-27-39-37-23-15-13-21-35(37)31-43(39)48(45)42-26-25-41(47(33-17-9-7-10-18-33)34-19-11-8-12-20-34)49(42)50-44-32-36-22-14-16-24-38(36)40(44)28-30-46(50)52(4,5)6/h7-30,42,47H,31-32H2,1-6H3. The molecule has 0 radical (unpaired) electrons. The van der Waals surface area contributed by atoms with Crippen LogP contribution < -0.4 is 0 Å². The summed E-state index contributed by atoms with van der Waals surface area (Å²) in [7, 11) is 0. The van der Waals surface area contributed by atoms with Gasteiger partial charge in [0.15, 0.2) is 0 Å². The lowest BCUT2D eigenvalue weighted by Crippen LogP contribution is -2.20. The molecule has 0 heterocycles. The number of hydrogen-bond donors (Lipinski definition) is 0. The Bertz CT molecular complexity index is 2360. The molecule has 9 rings (SSSR count). The SMILES string of the molecule is CC(C)(C)c1ccc2c(c1C1=C(C(c3ccccc3)c3ccccc3)C=CC1c1c(C(C)(C)C)ccc3c1Cc1ccccc1-3)Cc1ccccc1-2. The first-order valence-electron chi connectivity index (χ1n) is 19.1. The molecular formula is C52H48. The molecule has 0 nitrogen and oxygen atoms in total. The molecule has 3 aliphatic carbocycles. The van der Waals surface area contributed by atoms with Crippen LogP contribution in [0.2, 0.25) is 0 Å². The van der Waals surface area contributed by atoms with Crippen molar-refractivity contribution in [2.24, 2.45) is 0 Å². The van der Waals surface area contributed by atoms with Crippen LogP contribution in [0.5, 0.6) is 0 Å². The van der Waals surface area contributed by atoms with Crippen molar-refractivity contribution in [1.82, 2.24) is 0 Å². The third-order valence-electron chi connectivity index (χ3n) is 11.9. The van der Waals surface area contributed by atoms with Gasteiger partial charge in [0.25, 0.3) is 0 Å². The number of rotatable bonds is 5. The molecule has 6 aromatic rings. The van der Waals surface area contributed by atoms with E-state index in [0.29, 0.717) is 0 Å². The van der Waals surface area contributed by atoms with E-state index in [4.69, 9.17) is 0 Å². The van der Waals surface area contributed by atoms with Gasteiger partial charge in [-0.2, -0.15) is 0 Å². The zero-order chi connectivity index (χ0) is 35.8. The third kappa shape index (κ3) is 5.26. The summed E-state index contributed by atoms with van der Waals surface area (Å²) in [5.74, 6) is 0.206. The number of hydrogen-bond acceptors (Lipinski definition) is 0. The van der Waals surface area contributed by atoms with Gasteiger partial charge in [-0.15, -0.1) is 0 Å². The van der Waals surface area contributed by atoms with Crippen LogP contribution in [0, 0.1) is 0 Å². The minimum absolute atomic E-state index is 0.0270. The summed E-state index contributed by atoms with van der Waals surface area (Å²) in [5.41, 5.74) is 22.8. The van der Waals surface area contributed by atoms with Crippen LogP contribution in [-0.4, -0.2) is 0 Å². The predicted octanol–water partition coefficient (Wildman–Crippen LogP) is 13.4. The molecule has 0 saturated heterocycles. The van der Waals surface area contributed by atoms with Crippen LogP contribution in [0.3, 0.4) is 0 Å². The van der Waals surface area contributed by atoms with Crippen molar-refractivity contribution in [3.8, 4) is 22.3 Å². The highest BCUT2D eigenvalue weighted by Gasteiger charge is 2.39. The minimum atomic E-state index is -0.0545. The lowest BCUT2D eigenvalue weighted by molar-refractivity contribution is 0.580. The second-order valence-electron chi connectivity index (χ2n) is 17.2. The number of allylic oxidation sites excluding steroid dienone is 4. The summed E-state index contributed by atoms with van der Waals surface area (Å²) >= 11 is 0. The highest BCUT2D eigenvalue weighted by atomic mass is 14.4. The largest absolute Gasteiger partial charge is 0.0723 e. The summed E-state index contributed by atoms with van der Waals surface area (Å²) in [6, 6.07) is 50.4. The van der Waals surface area contributed by atoms with Gasteiger partial charge >= 0.3 is 0 Å². The molecule has 0 aliphatic heterocycles. The summed E-state index contributed by atoms with van der Waals surface area (Å²) in [6.07, 6.45) is 7.03. The molecule has 0 heteroatoms. The minimum Gasteiger partial charge on any atom is -0.0723 e. The van der Waals surface area contributed by atoms with Crippen molar-refractivity contribution in [3.05, 3.63) is 207 Å². The van der Waals surface area contributed by atoms with Gasteiger partial charge in [-0.05, 0) is 113 Å². The monoisotopic (exact) mass is 672 g/mol. The molecule has 0 amide bonds.